The van der Waals surface area contributed by atoms with E-state index < -0.39 is 101 Å². The summed E-state index contributed by atoms with van der Waals surface area (Å²) in [6, 6.07) is 8.08. The molecule has 0 aliphatic heterocycles. The highest BCUT2D eigenvalue weighted by Crippen LogP contribution is 2.52. The molecule has 0 bridgehead atoms. The van der Waals surface area contributed by atoms with Crippen molar-refractivity contribution in [3.05, 3.63) is 59.2 Å². The third kappa shape index (κ3) is 9.91. The summed E-state index contributed by atoms with van der Waals surface area (Å²) in [5.41, 5.74) is -2.45. The SMILES string of the molecule is CC(=O)O[C@@H]1[C@@H](OC(C)=O)C(C)(C)C/C=C(\C)[C@@H](OC(C)=O)[C@]2(OC(C)=O)[C@@H](/C=C(\C)[C@@H]1OC(C)=O)[C@@H](OC(=O)c1ccccc1)[C@@H](C)[C@@H]2OC(C)=O. The molecular weight excluding hydrogens is 692 g/mol. The lowest BCUT2D eigenvalue weighted by Gasteiger charge is -2.45. The summed E-state index contributed by atoms with van der Waals surface area (Å²) in [6.45, 7) is 15.2. The first-order valence-corrected chi connectivity index (χ1v) is 17.3. The number of rotatable bonds is 8. The molecule has 290 valence electrons. The van der Waals surface area contributed by atoms with Gasteiger partial charge in [-0.15, -0.1) is 0 Å². The molecule has 2 aliphatic rings. The normalized spacial score (nSPS) is 31.5. The lowest BCUT2D eigenvalue weighted by molar-refractivity contribution is -0.211. The molecule has 1 saturated carbocycles. The number of benzene rings is 1. The molecule has 0 saturated heterocycles. The van der Waals surface area contributed by atoms with Gasteiger partial charge in [0.15, 0.2) is 30.0 Å². The van der Waals surface area contributed by atoms with Crippen molar-refractivity contribution < 1.29 is 66.7 Å². The van der Waals surface area contributed by atoms with Gasteiger partial charge in [-0.3, -0.25) is 28.8 Å². The molecule has 1 fully saturated rings. The minimum absolute atomic E-state index is 0.0723. The summed E-state index contributed by atoms with van der Waals surface area (Å²) >= 11 is 0. The number of carbonyl (C=O) groups is 7. The van der Waals surface area contributed by atoms with Gasteiger partial charge >= 0.3 is 41.8 Å². The van der Waals surface area contributed by atoms with E-state index in [1.54, 1.807) is 64.1 Å². The second-order valence-electron chi connectivity index (χ2n) is 14.3. The van der Waals surface area contributed by atoms with E-state index >= 15 is 0 Å². The Morgan fingerprint density at radius 3 is 1.66 bits per heavy atom. The first-order valence-electron chi connectivity index (χ1n) is 17.3. The smallest absolute Gasteiger partial charge is 0.338 e. The fraction of sp³-hybridized carbons (Fsp3) is 0.564. The zero-order chi connectivity index (χ0) is 40.0. The molecule has 0 N–H and O–H groups in total. The van der Waals surface area contributed by atoms with Crippen LogP contribution in [0.3, 0.4) is 0 Å². The van der Waals surface area contributed by atoms with Crippen LogP contribution in [0.15, 0.2) is 53.6 Å². The zero-order valence-electron chi connectivity index (χ0n) is 32.1. The van der Waals surface area contributed by atoms with Crippen molar-refractivity contribution in [2.75, 3.05) is 0 Å². The highest BCUT2D eigenvalue weighted by molar-refractivity contribution is 5.89. The summed E-state index contributed by atoms with van der Waals surface area (Å²) in [5, 5.41) is 0. The van der Waals surface area contributed by atoms with Crippen molar-refractivity contribution in [1.82, 2.24) is 0 Å². The molecule has 14 heteroatoms. The second-order valence-corrected chi connectivity index (χ2v) is 14.3. The fourth-order valence-corrected chi connectivity index (χ4v) is 7.31. The van der Waals surface area contributed by atoms with Gasteiger partial charge in [0.2, 0.25) is 0 Å². The van der Waals surface area contributed by atoms with Gasteiger partial charge in [-0.25, -0.2) is 4.79 Å². The van der Waals surface area contributed by atoms with Crippen molar-refractivity contribution in [1.29, 1.82) is 0 Å². The number of ether oxygens (including phenoxy) is 7. The van der Waals surface area contributed by atoms with Crippen LogP contribution in [0.5, 0.6) is 0 Å². The standard InChI is InChI=1S/C39H50O14/c1-20-17-18-38(10,11)36(51-27(8)44)33(48-24(5)41)31(47-23(4)40)21(2)19-30-32(52-37(46)29-15-13-12-14-16-29)22(3)35(50-26(7)43)39(30,53-28(9)45)34(20)49-25(6)42/h12-17,19,22,30-36H,18H2,1-11H3/b20-17+,21-19+/t22-,30+,31+,32+,33+,34-,35+,36-,39-/m1/s1. The van der Waals surface area contributed by atoms with Crippen molar-refractivity contribution in [3.8, 4) is 0 Å². The lowest BCUT2D eigenvalue weighted by atomic mass is 9.74. The van der Waals surface area contributed by atoms with E-state index in [4.69, 9.17) is 33.2 Å². The monoisotopic (exact) mass is 742 g/mol. The van der Waals surface area contributed by atoms with Gasteiger partial charge in [-0.2, -0.15) is 0 Å². The first-order chi connectivity index (χ1) is 24.6. The molecule has 0 heterocycles. The minimum Gasteiger partial charge on any atom is -0.458 e. The number of hydrogen-bond acceptors (Lipinski definition) is 14. The van der Waals surface area contributed by atoms with Gasteiger partial charge in [0.1, 0.15) is 12.2 Å². The maximum Gasteiger partial charge on any atom is 0.338 e. The Kier molecular flexibility index (Phi) is 13.8. The molecule has 0 radical (unpaired) electrons. The Hall–Kier alpha value is -5.01. The van der Waals surface area contributed by atoms with Crippen LogP contribution in [-0.2, 0) is 61.9 Å². The first kappa shape index (κ1) is 42.4. The predicted octanol–water partition coefficient (Wildman–Crippen LogP) is 4.76. The van der Waals surface area contributed by atoms with Crippen LogP contribution in [0.25, 0.3) is 0 Å². The van der Waals surface area contributed by atoms with Gasteiger partial charge in [0, 0.05) is 52.9 Å². The van der Waals surface area contributed by atoms with Crippen LogP contribution < -0.4 is 0 Å². The predicted molar refractivity (Wildman–Crippen MR) is 186 cm³/mol. The third-order valence-corrected chi connectivity index (χ3v) is 9.38. The molecule has 0 amide bonds. The molecule has 53 heavy (non-hydrogen) atoms. The Morgan fingerprint density at radius 2 is 1.15 bits per heavy atom. The average Bonchev–Trinajstić information content (AvgIpc) is 3.23. The second kappa shape index (κ2) is 17.2. The highest BCUT2D eigenvalue weighted by Gasteiger charge is 2.69. The van der Waals surface area contributed by atoms with Crippen molar-refractivity contribution in [2.45, 2.75) is 125 Å². The lowest BCUT2D eigenvalue weighted by Crippen LogP contribution is -2.60. The van der Waals surface area contributed by atoms with Crippen LogP contribution in [0.2, 0.25) is 0 Å². The average molecular weight is 743 g/mol. The van der Waals surface area contributed by atoms with Gasteiger partial charge in [0.05, 0.1) is 11.5 Å². The van der Waals surface area contributed by atoms with Gasteiger partial charge in [0.25, 0.3) is 0 Å². The summed E-state index contributed by atoms with van der Waals surface area (Å²) in [4.78, 5) is 90.7. The summed E-state index contributed by atoms with van der Waals surface area (Å²) in [6.07, 6.45) is -4.91. The molecule has 3 rings (SSSR count). The molecule has 0 spiro atoms. The highest BCUT2D eigenvalue weighted by atomic mass is 16.6. The molecule has 0 aromatic heterocycles. The number of carbonyl (C=O) groups excluding carboxylic acids is 7. The van der Waals surface area contributed by atoms with Crippen LogP contribution in [0.1, 0.15) is 92.9 Å². The molecule has 0 unspecified atom stereocenters. The molecule has 9 atom stereocenters. The summed E-state index contributed by atoms with van der Waals surface area (Å²) in [5.74, 6) is -7.61. The van der Waals surface area contributed by atoms with E-state index in [1.165, 1.54) is 19.9 Å². The number of allylic oxidation sites excluding steroid dienone is 1. The maximum atomic E-state index is 13.7. The number of esters is 7. The van der Waals surface area contributed by atoms with Crippen molar-refractivity contribution in [2.24, 2.45) is 17.3 Å². The topological polar surface area (TPSA) is 184 Å². The van der Waals surface area contributed by atoms with E-state index in [0.29, 0.717) is 5.57 Å². The molecule has 1 aromatic rings. The van der Waals surface area contributed by atoms with E-state index in [1.807, 2.05) is 0 Å². The van der Waals surface area contributed by atoms with Gasteiger partial charge in [-0.05, 0) is 43.5 Å². The quantitative estimate of drug-likeness (QED) is 0.202. The largest absolute Gasteiger partial charge is 0.458 e. The van der Waals surface area contributed by atoms with Crippen LogP contribution in [-0.4, -0.2) is 84.0 Å². The van der Waals surface area contributed by atoms with E-state index in [2.05, 4.69) is 0 Å². The molecule has 2 aliphatic carbocycles. The molecule has 1 aromatic carbocycles. The van der Waals surface area contributed by atoms with E-state index in [0.717, 1.165) is 34.6 Å². The molecule has 14 nitrogen and oxygen atoms in total. The third-order valence-electron chi connectivity index (χ3n) is 9.38. The Morgan fingerprint density at radius 1 is 0.623 bits per heavy atom. The maximum absolute atomic E-state index is 13.7. The van der Waals surface area contributed by atoms with Crippen molar-refractivity contribution >= 4 is 41.8 Å². The van der Waals surface area contributed by atoms with E-state index in [-0.39, 0.29) is 17.6 Å². The fourth-order valence-electron chi connectivity index (χ4n) is 7.31. The minimum atomic E-state index is -2.09. The van der Waals surface area contributed by atoms with Crippen LogP contribution in [0, 0.1) is 17.3 Å². The van der Waals surface area contributed by atoms with Crippen molar-refractivity contribution in [3.63, 3.8) is 0 Å². The Labute approximate surface area is 309 Å². The summed E-state index contributed by atoms with van der Waals surface area (Å²) < 4.78 is 41.8. The van der Waals surface area contributed by atoms with Gasteiger partial charge in [-0.1, -0.05) is 51.1 Å². The van der Waals surface area contributed by atoms with Crippen LogP contribution in [0.4, 0.5) is 0 Å². The Balaban J connectivity index is 2.57. The molecular formula is C39H50O14. The zero-order valence-corrected chi connectivity index (χ0v) is 32.1. The number of fused-ring (bicyclic) bond motifs is 1. The van der Waals surface area contributed by atoms with Gasteiger partial charge < -0.3 is 33.2 Å². The Bertz CT molecular complexity index is 1640. The van der Waals surface area contributed by atoms with E-state index in [9.17, 15) is 33.6 Å². The summed E-state index contributed by atoms with van der Waals surface area (Å²) in [7, 11) is 0. The van der Waals surface area contributed by atoms with Crippen LogP contribution >= 0.6 is 0 Å². The number of hydrogen-bond donors (Lipinski definition) is 0.